The summed E-state index contributed by atoms with van der Waals surface area (Å²) < 4.78 is 1.97. The number of nitrogens with zero attached hydrogens (tertiary/aromatic N) is 4. The number of fused-ring (bicyclic) bond motifs is 1. The topological polar surface area (TPSA) is 96.2 Å². The van der Waals surface area contributed by atoms with E-state index in [1.807, 2.05) is 39.3 Å². The van der Waals surface area contributed by atoms with Crippen molar-refractivity contribution >= 4 is 35.8 Å². The van der Waals surface area contributed by atoms with Crippen molar-refractivity contribution in [1.82, 2.24) is 30.7 Å². The lowest BCUT2D eigenvalue weighted by Gasteiger charge is -2.26. The first-order chi connectivity index (χ1) is 11.9. The smallest absolute Gasteiger partial charge is 0.227 e. The molecule has 1 amide bonds. The number of rotatable bonds is 6. The Morgan fingerprint density at radius 2 is 2.00 bits per heavy atom. The van der Waals surface area contributed by atoms with E-state index in [0.717, 1.165) is 43.5 Å². The Morgan fingerprint density at radius 1 is 1.31 bits per heavy atom. The maximum Gasteiger partial charge on any atom is 0.227 e. The van der Waals surface area contributed by atoms with Gasteiger partial charge in [0.2, 0.25) is 5.91 Å². The summed E-state index contributed by atoms with van der Waals surface area (Å²) in [6.45, 7) is 12.3. The Balaban J connectivity index is 0.00000338. The van der Waals surface area contributed by atoms with Crippen LogP contribution in [0.4, 0.5) is 0 Å². The monoisotopic (exact) mass is 477 g/mol. The van der Waals surface area contributed by atoms with Crippen LogP contribution in [0.15, 0.2) is 4.99 Å². The lowest BCUT2D eigenvalue weighted by atomic mass is 9.92. The van der Waals surface area contributed by atoms with Crippen LogP contribution in [0.2, 0.25) is 0 Å². The average molecular weight is 477 g/mol. The summed E-state index contributed by atoms with van der Waals surface area (Å²) in [5.74, 6) is 2.63. The number of aliphatic imine (C=N–C) groups is 1. The molecule has 8 nitrogen and oxygen atoms in total. The summed E-state index contributed by atoms with van der Waals surface area (Å²) in [6, 6.07) is 0.249. The molecule has 9 heteroatoms. The second-order valence-electron chi connectivity index (χ2n) is 7.08. The van der Waals surface area contributed by atoms with Crippen molar-refractivity contribution in [3.05, 3.63) is 11.6 Å². The van der Waals surface area contributed by atoms with E-state index in [1.165, 1.54) is 0 Å². The van der Waals surface area contributed by atoms with Crippen molar-refractivity contribution in [3.8, 4) is 0 Å². The molecule has 0 aromatic carbocycles. The fourth-order valence-electron chi connectivity index (χ4n) is 2.81. The largest absolute Gasteiger partial charge is 0.357 e. The van der Waals surface area contributed by atoms with Crippen LogP contribution in [0.1, 0.15) is 45.8 Å². The highest BCUT2D eigenvalue weighted by molar-refractivity contribution is 14.0. The summed E-state index contributed by atoms with van der Waals surface area (Å²) in [6.07, 6.45) is 1.89. The molecule has 1 aromatic rings. The van der Waals surface area contributed by atoms with E-state index < -0.39 is 5.41 Å². The molecule has 1 aliphatic heterocycles. The third kappa shape index (κ3) is 6.10. The lowest BCUT2D eigenvalue weighted by molar-refractivity contribution is -0.128. The van der Waals surface area contributed by atoms with E-state index >= 15 is 0 Å². The van der Waals surface area contributed by atoms with Gasteiger partial charge in [0.25, 0.3) is 0 Å². The van der Waals surface area contributed by atoms with Gasteiger partial charge in [0, 0.05) is 25.6 Å². The Morgan fingerprint density at radius 3 is 2.65 bits per heavy atom. The Kier molecular flexibility index (Phi) is 8.78. The molecule has 3 N–H and O–H groups in total. The molecule has 0 saturated carbocycles. The summed E-state index contributed by atoms with van der Waals surface area (Å²) in [5.41, 5.74) is -0.541. The third-order valence-electron chi connectivity index (χ3n) is 4.23. The number of hydrogen-bond donors (Lipinski definition) is 3. The Labute approximate surface area is 173 Å². The predicted octanol–water partition coefficient (Wildman–Crippen LogP) is 1.24. The van der Waals surface area contributed by atoms with Gasteiger partial charge in [-0.2, -0.15) is 5.10 Å². The molecule has 0 bridgehead atoms. The minimum atomic E-state index is -0.541. The fourth-order valence-corrected chi connectivity index (χ4v) is 2.81. The maximum absolute atomic E-state index is 12.1. The minimum absolute atomic E-state index is 0. The average Bonchev–Trinajstić information content (AvgIpc) is 2.92. The van der Waals surface area contributed by atoms with Crippen molar-refractivity contribution in [1.29, 1.82) is 0 Å². The highest BCUT2D eigenvalue weighted by Crippen LogP contribution is 2.16. The van der Waals surface area contributed by atoms with Crippen LogP contribution in [-0.4, -0.2) is 52.3 Å². The lowest BCUT2D eigenvalue weighted by Crippen LogP contribution is -2.48. The normalized spacial score (nSPS) is 17.1. The Hall–Kier alpha value is -1.39. The summed E-state index contributed by atoms with van der Waals surface area (Å²) in [7, 11) is 0. The molecule has 1 atom stereocenters. The number of guanidine groups is 1. The molecule has 0 spiro atoms. The van der Waals surface area contributed by atoms with Gasteiger partial charge in [-0.3, -0.25) is 9.79 Å². The number of aryl methyl sites for hydroxylation is 2. The number of carbonyl (C=O) groups excluding carboxylic acids is 1. The SMILES string of the molecule is CCNC(=O)C(C)(C)CN=C(NCC)NC1CCc2nc(C)nn2C1.I. The highest BCUT2D eigenvalue weighted by Gasteiger charge is 2.27. The molecule has 0 fully saturated rings. The van der Waals surface area contributed by atoms with Gasteiger partial charge in [-0.1, -0.05) is 0 Å². The number of nitrogens with one attached hydrogen (secondary N) is 3. The van der Waals surface area contributed by atoms with Gasteiger partial charge in [-0.05, 0) is 41.0 Å². The maximum atomic E-state index is 12.1. The molecule has 1 aromatic heterocycles. The number of halogens is 1. The van der Waals surface area contributed by atoms with Gasteiger partial charge in [-0.25, -0.2) is 9.67 Å². The van der Waals surface area contributed by atoms with Crippen LogP contribution < -0.4 is 16.0 Å². The van der Waals surface area contributed by atoms with Crippen LogP contribution in [0.5, 0.6) is 0 Å². The van der Waals surface area contributed by atoms with E-state index in [2.05, 4.69) is 31.0 Å². The van der Waals surface area contributed by atoms with Crippen LogP contribution in [0, 0.1) is 12.3 Å². The summed E-state index contributed by atoms with van der Waals surface area (Å²) >= 11 is 0. The first-order valence-electron chi connectivity index (χ1n) is 9.09. The minimum Gasteiger partial charge on any atom is -0.357 e. The van der Waals surface area contributed by atoms with Gasteiger partial charge < -0.3 is 16.0 Å². The van der Waals surface area contributed by atoms with Crippen LogP contribution >= 0.6 is 24.0 Å². The van der Waals surface area contributed by atoms with E-state index in [9.17, 15) is 4.79 Å². The number of carbonyl (C=O) groups is 1. The van der Waals surface area contributed by atoms with Gasteiger partial charge >= 0.3 is 0 Å². The van der Waals surface area contributed by atoms with E-state index in [4.69, 9.17) is 0 Å². The van der Waals surface area contributed by atoms with Gasteiger partial charge in [0.05, 0.1) is 18.5 Å². The zero-order chi connectivity index (χ0) is 18.4. The molecule has 0 aliphatic carbocycles. The third-order valence-corrected chi connectivity index (χ3v) is 4.23. The van der Waals surface area contributed by atoms with Crippen LogP contribution in [0.3, 0.4) is 0 Å². The van der Waals surface area contributed by atoms with Crippen molar-refractivity contribution in [2.45, 2.75) is 60.0 Å². The zero-order valence-corrected chi connectivity index (χ0v) is 18.8. The van der Waals surface area contributed by atoms with Crippen LogP contribution in [0.25, 0.3) is 0 Å². The Bertz CT molecular complexity index is 627. The molecule has 0 saturated heterocycles. The molecule has 2 heterocycles. The first kappa shape index (κ1) is 22.7. The number of hydrogen-bond acceptors (Lipinski definition) is 4. The van der Waals surface area contributed by atoms with Gasteiger partial charge in [0.15, 0.2) is 5.96 Å². The molecule has 1 aliphatic rings. The molecule has 148 valence electrons. The standard InChI is InChI=1S/C17H31N7O.HI/c1-6-18-15(25)17(4,5)11-20-16(19-7-2)22-13-8-9-14-21-12(3)23-24(14)10-13;/h13H,6-11H2,1-5H3,(H,18,25)(H2,19,20,22);1H. The second kappa shape index (κ2) is 10.1. The van der Waals surface area contributed by atoms with E-state index in [-0.39, 0.29) is 35.9 Å². The number of amides is 1. The van der Waals surface area contributed by atoms with Crippen molar-refractivity contribution in [2.24, 2.45) is 10.4 Å². The quantitative estimate of drug-likeness (QED) is 0.326. The molecule has 1 unspecified atom stereocenters. The van der Waals surface area contributed by atoms with Crippen LogP contribution in [-0.2, 0) is 17.8 Å². The fraction of sp³-hybridized carbons (Fsp3) is 0.765. The zero-order valence-electron chi connectivity index (χ0n) is 16.4. The molecule has 26 heavy (non-hydrogen) atoms. The second-order valence-corrected chi connectivity index (χ2v) is 7.08. The molecular weight excluding hydrogens is 445 g/mol. The van der Waals surface area contributed by atoms with Crippen molar-refractivity contribution in [3.63, 3.8) is 0 Å². The first-order valence-corrected chi connectivity index (χ1v) is 9.09. The van der Waals surface area contributed by atoms with Crippen molar-refractivity contribution < 1.29 is 4.79 Å². The molecular formula is C17H32IN7O. The van der Waals surface area contributed by atoms with E-state index in [1.54, 1.807) is 0 Å². The molecule has 2 rings (SSSR count). The predicted molar refractivity (Wildman–Crippen MR) is 114 cm³/mol. The molecule has 0 radical (unpaired) electrons. The summed E-state index contributed by atoms with van der Waals surface area (Å²) in [5, 5.41) is 14.0. The highest BCUT2D eigenvalue weighted by atomic mass is 127. The van der Waals surface area contributed by atoms with E-state index in [0.29, 0.717) is 13.1 Å². The van der Waals surface area contributed by atoms with Gasteiger partial charge in [0.1, 0.15) is 11.6 Å². The summed E-state index contributed by atoms with van der Waals surface area (Å²) in [4.78, 5) is 21.2. The number of aromatic nitrogens is 3. The van der Waals surface area contributed by atoms with Crippen molar-refractivity contribution in [2.75, 3.05) is 19.6 Å². The van der Waals surface area contributed by atoms with Gasteiger partial charge in [-0.15, -0.1) is 24.0 Å².